The van der Waals surface area contributed by atoms with Gasteiger partial charge in [-0.1, -0.05) is 18.7 Å². The van der Waals surface area contributed by atoms with Gasteiger partial charge < -0.3 is 10.8 Å². The summed E-state index contributed by atoms with van der Waals surface area (Å²) in [6.07, 6.45) is 0.864. The maximum absolute atomic E-state index is 9.30. The van der Waals surface area contributed by atoms with E-state index in [9.17, 15) is 5.11 Å². The summed E-state index contributed by atoms with van der Waals surface area (Å²) in [5, 5.41) is 10.3. The van der Waals surface area contributed by atoms with Gasteiger partial charge in [0.25, 0.3) is 0 Å². The summed E-state index contributed by atoms with van der Waals surface area (Å²) in [7, 11) is 0. The summed E-state index contributed by atoms with van der Waals surface area (Å²) < 4.78 is 0. The lowest BCUT2D eigenvalue weighted by Crippen LogP contribution is -2.34. The molecule has 3 N–H and O–H groups in total. The van der Waals surface area contributed by atoms with Crippen LogP contribution in [0.2, 0.25) is 0 Å². The van der Waals surface area contributed by atoms with Crippen molar-refractivity contribution in [3.05, 3.63) is 23.4 Å². The third-order valence-electron chi connectivity index (χ3n) is 2.48. The van der Waals surface area contributed by atoms with Crippen LogP contribution in [0, 0.1) is 13.8 Å². The molecule has 1 heterocycles. The van der Waals surface area contributed by atoms with Crippen LogP contribution in [-0.4, -0.2) is 28.0 Å². The third-order valence-corrected chi connectivity index (χ3v) is 3.73. The molecule has 90 valence electrons. The zero-order chi connectivity index (χ0) is 12.1. The second-order valence-corrected chi connectivity index (χ2v) is 5.29. The monoisotopic (exact) mass is 240 g/mol. The highest BCUT2D eigenvalue weighted by Gasteiger charge is 2.17. The van der Waals surface area contributed by atoms with Crippen molar-refractivity contribution in [3.8, 4) is 0 Å². The van der Waals surface area contributed by atoms with Crippen LogP contribution in [-0.2, 0) is 0 Å². The van der Waals surface area contributed by atoms with E-state index < -0.39 is 0 Å². The van der Waals surface area contributed by atoms with Gasteiger partial charge in [0.15, 0.2) is 0 Å². The second kappa shape index (κ2) is 6.23. The van der Waals surface area contributed by atoms with Gasteiger partial charge in [0.1, 0.15) is 0 Å². The normalized spacial score (nSPS) is 14.8. The fourth-order valence-corrected chi connectivity index (χ4v) is 2.75. The second-order valence-electron chi connectivity index (χ2n) is 4.04. The van der Waals surface area contributed by atoms with Crippen molar-refractivity contribution in [2.24, 2.45) is 5.73 Å². The number of nitrogens with zero attached hydrogens (tertiary/aromatic N) is 1. The third kappa shape index (κ3) is 3.77. The number of thioether (sulfide) groups is 1. The zero-order valence-electron chi connectivity index (χ0n) is 10.1. The Kier molecular flexibility index (Phi) is 5.25. The van der Waals surface area contributed by atoms with E-state index in [1.165, 1.54) is 5.56 Å². The molecular weight excluding hydrogens is 220 g/mol. The van der Waals surface area contributed by atoms with Crippen molar-refractivity contribution in [1.29, 1.82) is 0 Å². The number of pyridine rings is 1. The minimum atomic E-state index is 0.0117. The molecule has 0 spiro atoms. The molecule has 0 aliphatic carbocycles. The number of rotatable bonds is 5. The molecule has 0 amide bonds. The molecule has 16 heavy (non-hydrogen) atoms. The highest BCUT2D eigenvalue weighted by atomic mass is 32.2. The van der Waals surface area contributed by atoms with Crippen LogP contribution in [0.1, 0.15) is 24.6 Å². The summed E-state index contributed by atoms with van der Waals surface area (Å²) in [6.45, 7) is 6.15. The Morgan fingerprint density at radius 2 is 2.12 bits per heavy atom. The van der Waals surface area contributed by atoms with Gasteiger partial charge in [0.2, 0.25) is 0 Å². The Morgan fingerprint density at radius 1 is 1.44 bits per heavy atom. The van der Waals surface area contributed by atoms with Gasteiger partial charge in [-0.2, -0.15) is 0 Å². The van der Waals surface area contributed by atoms with Crippen molar-refractivity contribution >= 4 is 11.8 Å². The van der Waals surface area contributed by atoms with Gasteiger partial charge in [-0.3, -0.25) is 0 Å². The predicted octanol–water partition coefficient (Wildman–Crippen LogP) is 1.89. The fourth-order valence-electron chi connectivity index (χ4n) is 1.54. The number of aryl methyl sites for hydroxylation is 2. The number of hydrogen-bond donors (Lipinski definition) is 2. The number of aliphatic hydroxyl groups is 1. The summed E-state index contributed by atoms with van der Waals surface area (Å²) >= 11 is 1.56. The minimum Gasteiger partial charge on any atom is -0.395 e. The van der Waals surface area contributed by atoms with Gasteiger partial charge in [0, 0.05) is 17.0 Å². The number of aliphatic hydroxyl groups excluding tert-OH is 1. The molecule has 4 heteroatoms. The average Bonchev–Trinajstić information content (AvgIpc) is 2.23. The predicted molar refractivity (Wildman–Crippen MR) is 68.7 cm³/mol. The molecule has 0 fully saturated rings. The average molecular weight is 240 g/mol. The van der Waals surface area contributed by atoms with Crippen LogP contribution in [0.5, 0.6) is 0 Å². The number of nitrogens with two attached hydrogens (primary N) is 1. The smallest absolute Gasteiger partial charge is 0.0969 e. The van der Waals surface area contributed by atoms with Crippen molar-refractivity contribution < 1.29 is 5.11 Å². The van der Waals surface area contributed by atoms with Gasteiger partial charge in [0.05, 0.1) is 11.6 Å². The molecule has 2 atom stereocenters. The number of aromatic nitrogens is 1. The highest BCUT2D eigenvalue weighted by molar-refractivity contribution is 8.00. The largest absolute Gasteiger partial charge is 0.395 e. The van der Waals surface area contributed by atoms with Crippen LogP contribution in [0.3, 0.4) is 0 Å². The molecule has 0 radical (unpaired) electrons. The summed E-state index contributed by atoms with van der Waals surface area (Å²) in [4.78, 5) is 4.43. The van der Waals surface area contributed by atoms with E-state index in [2.05, 4.69) is 4.98 Å². The highest BCUT2D eigenvalue weighted by Crippen LogP contribution is 2.25. The van der Waals surface area contributed by atoms with Crippen LogP contribution in [0.4, 0.5) is 0 Å². The first-order valence-electron chi connectivity index (χ1n) is 5.55. The van der Waals surface area contributed by atoms with Crippen LogP contribution >= 0.6 is 11.8 Å². The van der Waals surface area contributed by atoms with E-state index in [4.69, 9.17) is 5.73 Å². The molecule has 0 saturated carbocycles. The van der Waals surface area contributed by atoms with E-state index in [-0.39, 0.29) is 17.9 Å². The Balaban J connectivity index is 2.77. The van der Waals surface area contributed by atoms with Crippen molar-refractivity contribution in [1.82, 2.24) is 4.98 Å². The van der Waals surface area contributed by atoms with Gasteiger partial charge in [-0.15, -0.1) is 0 Å². The molecule has 0 aromatic carbocycles. The van der Waals surface area contributed by atoms with Gasteiger partial charge >= 0.3 is 0 Å². The molecule has 1 aromatic rings. The Labute approximate surface area is 101 Å². The SMILES string of the molecule is CCC(N)C(CO)Sc1cc(C)cc(C)n1. The molecular formula is C12H20N2OS. The first-order chi connectivity index (χ1) is 7.56. The fraction of sp³-hybridized carbons (Fsp3) is 0.583. The molecule has 3 nitrogen and oxygen atoms in total. The van der Waals surface area contributed by atoms with Crippen LogP contribution in [0.25, 0.3) is 0 Å². The molecule has 1 rings (SSSR count). The molecule has 0 aliphatic rings. The molecule has 0 saturated heterocycles. The van der Waals surface area contributed by atoms with E-state index in [1.807, 2.05) is 32.9 Å². The lowest BCUT2D eigenvalue weighted by atomic mass is 10.2. The molecule has 1 aromatic heterocycles. The topological polar surface area (TPSA) is 59.1 Å². The minimum absolute atomic E-state index is 0.0117. The zero-order valence-corrected chi connectivity index (χ0v) is 10.9. The molecule has 0 aliphatic heterocycles. The van der Waals surface area contributed by atoms with E-state index in [0.717, 1.165) is 17.1 Å². The maximum Gasteiger partial charge on any atom is 0.0969 e. The first kappa shape index (κ1) is 13.5. The first-order valence-corrected chi connectivity index (χ1v) is 6.43. The lowest BCUT2D eigenvalue weighted by Gasteiger charge is -2.19. The van der Waals surface area contributed by atoms with Gasteiger partial charge in [-0.05, 0) is 38.0 Å². The van der Waals surface area contributed by atoms with Crippen LogP contribution in [0.15, 0.2) is 17.2 Å². The van der Waals surface area contributed by atoms with Crippen molar-refractivity contribution in [2.45, 2.75) is 43.5 Å². The number of hydrogen-bond acceptors (Lipinski definition) is 4. The standard InChI is InChI=1S/C12H20N2OS/c1-4-10(13)11(7-15)16-12-6-8(2)5-9(3)14-12/h5-6,10-11,15H,4,7,13H2,1-3H3. The van der Waals surface area contributed by atoms with E-state index in [0.29, 0.717) is 0 Å². The summed E-state index contributed by atoms with van der Waals surface area (Å²) in [5.41, 5.74) is 8.14. The maximum atomic E-state index is 9.30. The van der Waals surface area contributed by atoms with E-state index >= 15 is 0 Å². The van der Waals surface area contributed by atoms with Crippen molar-refractivity contribution in [3.63, 3.8) is 0 Å². The Hall–Kier alpha value is -0.580. The lowest BCUT2D eigenvalue weighted by molar-refractivity contribution is 0.281. The van der Waals surface area contributed by atoms with Gasteiger partial charge in [-0.25, -0.2) is 4.98 Å². The molecule has 0 bridgehead atoms. The molecule has 2 unspecified atom stereocenters. The summed E-state index contributed by atoms with van der Waals surface area (Å²) in [5.74, 6) is 0. The quantitative estimate of drug-likeness (QED) is 0.772. The van der Waals surface area contributed by atoms with Crippen LogP contribution < -0.4 is 5.73 Å². The van der Waals surface area contributed by atoms with E-state index in [1.54, 1.807) is 11.8 Å². The van der Waals surface area contributed by atoms with Crippen molar-refractivity contribution in [2.75, 3.05) is 6.61 Å². The Bertz CT molecular complexity index is 324. The summed E-state index contributed by atoms with van der Waals surface area (Å²) in [6, 6.07) is 4.08. The Morgan fingerprint density at radius 3 is 2.62 bits per heavy atom.